The van der Waals surface area contributed by atoms with Crippen LogP contribution in [0.2, 0.25) is 0 Å². The molecule has 4 heterocycles. The number of hydrogen-bond donors (Lipinski definition) is 0. The van der Waals surface area contributed by atoms with Crippen molar-refractivity contribution in [2.45, 2.75) is 32.2 Å². The third kappa shape index (κ3) is 3.59. The van der Waals surface area contributed by atoms with Crippen LogP contribution >= 0.6 is 0 Å². The SMILES string of the molecule is Cc1nn2c(C3CCCN(Cc4ccccc4)C3)ccnc2c1-c1ccnc(F)c1. The zero-order valence-electron chi connectivity index (χ0n) is 17.0. The highest BCUT2D eigenvalue weighted by Gasteiger charge is 2.25. The van der Waals surface area contributed by atoms with Gasteiger partial charge in [0.25, 0.3) is 0 Å². The Morgan fingerprint density at radius 2 is 1.90 bits per heavy atom. The van der Waals surface area contributed by atoms with E-state index in [1.807, 2.05) is 23.7 Å². The van der Waals surface area contributed by atoms with Gasteiger partial charge >= 0.3 is 0 Å². The summed E-state index contributed by atoms with van der Waals surface area (Å²) in [5, 5.41) is 4.80. The average Bonchev–Trinajstić information content (AvgIpc) is 3.10. The lowest BCUT2D eigenvalue weighted by Crippen LogP contribution is -2.34. The van der Waals surface area contributed by atoms with Gasteiger partial charge in [-0.2, -0.15) is 9.49 Å². The van der Waals surface area contributed by atoms with Crippen LogP contribution in [0.1, 0.15) is 35.7 Å². The topological polar surface area (TPSA) is 46.3 Å². The van der Waals surface area contributed by atoms with Gasteiger partial charge in [0.1, 0.15) is 0 Å². The number of pyridine rings is 1. The highest BCUT2D eigenvalue weighted by Crippen LogP contribution is 2.32. The number of rotatable bonds is 4. The van der Waals surface area contributed by atoms with E-state index < -0.39 is 5.95 Å². The van der Waals surface area contributed by atoms with E-state index in [0.717, 1.165) is 54.9 Å². The fraction of sp³-hybridized carbons (Fsp3) is 0.292. The van der Waals surface area contributed by atoms with E-state index in [2.05, 4.69) is 51.3 Å². The van der Waals surface area contributed by atoms with E-state index in [-0.39, 0.29) is 0 Å². The van der Waals surface area contributed by atoms with Crippen molar-refractivity contribution in [1.82, 2.24) is 24.5 Å². The monoisotopic (exact) mass is 401 g/mol. The molecule has 1 atom stereocenters. The van der Waals surface area contributed by atoms with Crippen LogP contribution in [0.3, 0.4) is 0 Å². The molecule has 1 saturated heterocycles. The standard InChI is InChI=1S/C24H24FN5/c1-17-23(19-9-11-26-22(25)14-19)24-27-12-10-21(30(24)28-17)20-8-5-13-29(16-20)15-18-6-3-2-4-7-18/h2-4,6-7,9-12,14,20H,5,8,13,15-16H2,1H3. The largest absolute Gasteiger partial charge is 0.298 e. The van der Waals surface area contributed by atoms with Gasteiger partial charge < -0.3 is 0 Å². The number of aromatic nitrogens is 4. The van der Waals surface area contributed by atoms with Crippen molar-refractivity contribution in [2.24, 2.45) is 0 Å². The van der Waals surface area contributed by atoms with Crippen molar-refractivity contribution in [3.63, 3.8) is 0 Å². The molecule has 30 heavy (non-hydrogen) atoms. The summed E-state index contributed by atoms with van der Waals surface area (Å²) in [7, 11) is 0. The maximum atomic E-state index is 13.7. The first kappa shape index (κ1) is 18.9. The van der Waals surface area contributed by atoms with E-state index in [4.69, 9.17) is 5.10 Å². The molecule has 3 aromatic heterocycles. The lowest BCUT2D eigenvalue weighted by Gasteiger charge is -2.33. The number of likely N-dealkylation sites (tertiary alicyclic amines) is 1. The van der Waals surface area contributed by atoms with Crippen LogP contribution < -0.4 is 0 Å². The van der Waals surface area contributed by atoms with Crippen molar-refractivity contribution in [3.05, 3.63) is 83.8 Å². The lowest BCUT2D eigenvalue weighted by atomic mass is 9.94. The van der Waals surface area contributed by atoms with Gasteiger partial charge in [-0.1, -0.05) is 30.3 Å². The molecule has 5 rings (SSSR count). The number of piperidine rings is 1. The minimum atomic E-state index is -0.494. The van der Waals surface area contributed by atoms with Crippen molar-refractivity contribution < 1.29 is 4.39 Å². The van der Waals surface area contributed by atoms with E-state index in [1.54, 1.807) is 0 Å². The Morgan fingerprint density at radius 3 is 2.73 bits per heavy atom. The smallest absolute Gasteiger partial charge is 0.213 e. The number of fused-ring (bicyclic) bond motifs is 1. The van der Waals surface area contributed by atoms with Gasteiger partial charge in [0, 0.05) is 43.0 Å². The van der Waals surface area contributed by atoms with Gasteiger partial charge in [-0.3, -0.25) is 4.90 Å². The van der Waals surface area contributed by atoms with Crippen LogP contribution in [0.25, 0.3) is 16.8 Å². The lowest BCUT2D eigenvalue weighted by molar-refractivity contribution is 0.197. The van der Waals surface area contributed by atoms with Crippen LogP contribution in [0.5, 0.6) is 0 Å². The fourth-order valence-electron chi connectivity index (χ4n) is 4.56. The van der Waals surface area contributed by atoms with Crippen molar-refractivity contribution in [3.8, 4) is 11.1 Å². The van der Waals surface area contributed by atoms with Crippen LogP contribution in [-0.4, -0.2) is 37.6 Å². The third-order valence-corrected chi connectivity index (χ3v) is 5.91. The van der Waals surface area contributed by atoms with Gasteiger partial charge in [0.05, 0.1) is 11.4 Å². The molecule has 152 valence electrons. The molecule has 0 saturated carbocycles. The molecule has 1 fully saturated rings. The van der Waals surface area contributed by atoms with E-state index in [9.17, 15) is 4.39 Å². The first-order chi connectivity index (χ1) is 14.7. The molecule has 5 nitrogen and oxygen atoms in total. The van der Waals surface area contributed by atoms with Crippen LogP contribution in [-0.2, 0) is 6.54 Å². The first-order valence-corrected chi connectivity index (χ1v) is 10.4. The zero-order chi connectivity index (χ0) is 20.5. The number of halogens is 1. The molecule has 1 unspecified atom stereocenters. The molecule has 4 aromatic rings. The molecule has 0 amide bonds. The minimum Gasteiger partial charge on any atom is -0.298 e. The molecular weight excluding hydrogens is 377 g/mol. The summed E-state index contributed by atoms with van der Waals surface area (Å²) in [5.74, 6) is -0.111. The molecule has 1 aromatic carbocycles. The molecule has 0 bridgehead atoms. The molecular formula is C24H24FN5. The second-order valence-electron chi connectivity index (χ2n) is 7.99. The van der Waals surface area contributed by atoms with Crippen molar-refractivity contribution >= 4 is 5.65 Å². The molecule has 1 aliphatic heterocycles. The quantitative estimate of drug-likeness (QED) is 0.468. The molecule has 1 aliphatic rings. The first-order valence-electron chi connectivity index (χ1n) is 10.4. The second-order valence-corrected chi connectivity index (χ2v) is 7.99. The predicted octanol–water partition coefficient (Wildman–Crippen LogP) is 4.62. The summed E-state index contributed by atoms with van der Waals surface area (Å²) in [4.78, 5) is 10.8. The third-order valence-electron chi connectivity index (χ3n) is 5.91. The van der Waals surface area contributed by atoms with E-state index >= 15 is 0 Å². The Kier molecular flexibility index (Phi) is 5.01. The Hall–Kier alpha value is -3.12. The van der Waals surface area contributed by atoms with Gasteiger partial charge in [-0.15, -0.1) is 0 Å². The molecule has 0 N–H and O–H groups in total. The normalized spacial score (nSPS) is 17.5. The Bertz CT molecular complexity index is 1170. The Morgan fingerprint density at radius 1 is 1.07 bits per heavy atom. The maximum Gasteiger partial charge on any atom is 0.213 e. The summed E-state index contributed by atoms with van der Waals surface area (Å²) in [5.41, 5.74) is 5.76. The molecule has 0 aliphatic carbocycles. The van der Waals surface area contributed by atoms with E-state index in [0.29, 0.717) is 5.92 Å². The Balaban J connectivity index is 1.48. The number of aryl methyl sites for hydroxylation is 1. The molecule has 0 spiro atoms. The summed E-state index contributed by atoms with van der Waals surface area (Å²) < 4.78 is 15.7. The number of nitrogens with zero attached hydrogens (tertiary/aromatic N) is 5. The van der Waals surface area contributed by atoms with Gasteiger partial charge in [0.2, 0.25) is 5.95 Å². The summed E-state index contributed by atoms with van der Waals surface area (Å²) in [6.45, 7) is 5.02. The Labute approximate surface area is 175 Å². The van der Waals surface area contributed by atoms with Crippen molar-refractivity contribution in [1.29, 1.82) is 0 Å². The zero-order valence-corrected chi connectivity index (χ0v) is 17.0. The molecule has 0 radical (unpaired) electrons. The summed E-state index contributed by atoms with van der Waals surface area (Å²) >= 11 is 0. The van der Waals surface area contributed by atoms with Gasteiger partial charge in [0.15, 0.2) is 5.65 Å². The highest BCUT2D eigenvalue weighted by atomic mass is 19.1. The van der Waals surface area contributed by atoms with Crippen LogP contribution in [0.4, 0.5) is 4.39 Å². The van der Waals surface area contributed by atoms with E-state index in [1.165, 1.54) is 23.5 Å². The maximum absolute atomic E-state index is 13.7. The minimum absolute atomic E-state index is 0.384. The number of hydrogen-bond acceptors (Lipinski definition) is 4. The molecule has 6 heteroatoms. The van der Waals surface area contributed by atoms with Crippen molar-refractivity contribution in [2.75, 3.05) is 13.1 Å². The van der Waals surface area contributed by atoms with Gasteiger partial charge in [-0.05, 0) is 49.6 Å². The van der Waals surface area contributed by atoms with Crippen LogP contribution in [0, 0.1) is 12.9 Å². The predicted molar refractivity (Wildman–Crippen MR) is 115 cm³/mol. The fourth-order valence-corrected chi connectivity index (χ4v) is 4.56. The summed E-state index contributed by atoms with van der Waals surface area (Å²) in [6, 6.07) is 16.0. The summed E-state index contributed by atoms with van der Waals surface area (Å²) in [6.07, 6.45) is 5.62. The van der Waals surface area contributed by atoms with Crippen LogP contribution in [0.15, 0.2) is 60.9 Å². The average molecular weight is 401 g/mol. The second kappa shape index (κ2) is 7.95. The highest BCUT2D eigenvalue weighted by molar-refractivity contribution is 5.79. The number of benzene rings is 1. The van der Waals surface area contributed by atoms with Gasteiger partial charge in [-0.25, -0.2) is 14.5 Å².